The molecule has 0 aliphatic heterocycles. The number of rotatable bonds is 7. The third-order valence-corrected chi connectivity index (χ3v) is 4.00. The van der Waals surface area contributed by atoms with Crippen molar-refractivity contribution < 1.29 is 9.32 Å². The van der Waals surface area contributed by atoms with Gasteiger partial charge < -0.3 is 10.3 Å². The number of carbonyl (C=O) groups excluding carboxylic acids is 1. The van der Waals surface area contributed by atoms with Gasteiger partial charge in [0.2, 0.25) is 5.89 Å². The van der Waals surface area contributed by atoms with Gasteiger partial charge in [-0.2, -0.15) is 4.98 Å². The molecule has 0 fully saturated rings. The summed E-state index contributed by atoms with van der Waals surface area (Å²) in [7, 11) is 0. The zero-order valence-electron chi connectivity index (χ0n) is 12.9. The van der Waals surface area contributed by atoms with Gasteiger partial charge in [-0.1, -0.05) is 17.3 Å². The van der Waals surface area contributed by atoms with Crippen LogP contribution in [0.1, 0.15) is 35.9 Å². The highest BCUT2D eigenvalue weighted by Gasteiger charge is 2.17. The Kier molecular flexibility index (Phi) is 5.57. The zero-order valence-corrected chi connectivity index (χ0v) is 13.8. The first-order chi connectivity index (χ1) is 10.5. The molecule has 0 saturated carbocycles. The highest BCUT2D eigenvalue weighted by atomic mass is 32.2. The van der Waals surface area contributed by atoms with Crippen LogP contribution in [0.2, 0.25) is 0 Å². The van der Waals surface area contributed by atoms with Gasteiger partial charge in [-0.15, -0.1) is 11.8 Å². The predicted molar refractivity (Wildman–Crippen MR) is 85.4 cm³/mol. The summed E-state index contributed by atoms with van der Waals surface area (Å²) < 4.78 is 5.08. The minimum atomic E-state index is -0.682. The minimum Gasteiger partial charge on any atom is -0.363 e. The Morgan fingerprint density at radius 3 is 2.77 bits per heavy atom. The number of carbonyl (C=O) groups is 1. The molecule has 1 heterocycles. The van der Waals surface area contributed by atoms with Crippen molar-refractivity contribution >= 4 is 17.7 Å². The Hall–Kier alpha value is -1.86. The Morgan fingerprint density at radius 2 is 2.18 bits per heavy atom. The summed E-state index contributed by atoms with van der Waals surface area (Å²) in [5, 5.41) is 3.57. The molecular formula is C15H20N4O2S. The van der Waals surface area contributed by atoms with Crippen LogP contribution in [0, 0.1) is 0 Å². The number of thioether (sulfide) groups is 1. The summed E-state index contributed by atoms with van der Waals surface area (Å²) in [5.41, 5.74) is 6.35. The Bertz CT molecular complexity index is 642. The van der Waals surface area contributed by atoms with E-state index in [1.165, 1.54) is 10.5 Å². The second-order valence-corrected chi connectivity index (χ2v) is 6.11. The monoisotopic (exact) mass is 320 g/mol. The van der Waals surface area contributed by atoms with Gasteiger partial charge in [-0.25, -0.2) is 0 Å². The molecule has 22 heavy (non-hydrogen) atoms. The predicted octanol–water partition coefficient (Wildman–Crippen LogP) is 2.30. The average molecular weight is 320 g/mol. The summed E-state index contributed by atoms with van der Waals surface area (Å²) in [6.45, 7) is 5.44. The molecule has 7 heteroatoms. The van der Waals surface area contributed by atoms with Crippen molar-refractivity contribution in [1.29, 1.82) is 0 Å². The summed E-state index contributed by atoms with van der Waals surface area (Å²) in [5.74, 6) is -0.370. The van der Waals surface area contributed by atoms with Gasteiger partial charge in [0, 0.05) is 17.5 Å². The van der Waals surface area contributed by atoms with E-state index >= 15 is 0 Å². The molecule has 0 unspecified atom stereocenters. The number of nitrogens with zero attached hydrogens (tertiary/aromatic N) is 3. The fraction of sp³-hybridized carbons (Fsp3) is 0.400. The Balaban J connectivity index is 2.10. The number of amides is 1. The molecule has 2 rings (SSSR count). The van der Waals surface area contributed by atoms with E-state index in [1.54, 1.807) is 11.8 Å². The molecule has 0 bridgehead atoms. The molecule has 118 valence electrons. The highest BCUT2D eigenvalue weighted by molar-refractivity contribution is 7.98. The topological polar surface area (TPSA) is 85.3 Å². The van der Waals surface area contributed by atoms with E-state index in [-0.39, 0.29) is 5.82 Å². The third-order valence-electron chi connectivity index (χ3n) is 3.28. The van der Waals surface area contributed by atoms with Crippen LogP contribution in [0.4, 0.5) is 0 Å². The van der Waals surface area contributed by atoms with Gasteiger partial charge in [0.15, 0.2) is 0 Å². The summed E-state index contributed by atoms with van der Waals surface area (Å²) in [6, 6.07) is 8.70. The molecule has 0 saturated heterocycles. The largest absolute Gasteiger partial charge is 0.363 e. The van der Waals surface area contributed by atoms with E-state index in [0.29, 0.717) is 18.5 Å². The van der Waals surface area contributed by atoms with E-state index in [1.807, 2.05) is 0 Å². The second kappa shape index (κ2) is 7.42. The first-order valence-corrected chi connectivity index (χ1v) is 8.21. The summed E-state index contributed by atoms with van der Waals surface area (Å²) in [4.78, 5) is 18.4. The van der Waals surface area contributed by atoms with Gasteiger partial charge in [0.1, 0.15) is 0 Å². The maximum atomic E-state index is 11.0. The lowest BCUT2D eigenvalue weighted by molar-refractivity contribution is 0.0987. The second-order valence-electron chi connectivity index (χ2n) is 5.23. The first kappa shape index (κ1) is 16.5. The number of benzene rings is 1. The molecule has 0 aliphatic rings. The van der Waals surface area contributed by atoms with Crippen molar-refractivity contribution in [2.45, 2.75) is 37.9 Å². The van der Waals surface area contributed by atoms with Crippen LogP contribution in [0.15, 0.2) is 33.7 Å². The lowest BCUT2D eigenvalue weighted by Crippen LogP contribution is -2.30. The standard InChI is InChI=1S/C15H20N4O2S/c1-10(2)19(8-11-5-4-6-12(7-11)22-3)9-13-17-15(14(16)20)18-21-13/h4-7,10H,8-9H2,1-3H3,(H2,16,20). The lowest BCUT2D eigenvalue weighted by atomic mass is 10.2. The van der Waals surface area contributed by atoms with E-state index < -0.39 is 5.91 Å². The van der Waals surface area contributed by atoms with E-state index in [0.717, 1.165) is 6.54 Å². The van der Waals surface area contributed by atoms with Crippen LogP contribution < -0.4 is 5.73 Å². The smallest absolute Gasteiger partial charge is 0.290 e. The molecule has 1 aromatic heterocycles. The lowest BCUT2D eigenvalue weighted by Gasteiger charge is -2.24. The van der Waals surface area contributed by atoms with Crippen LogP contribution >= 0.6 is 11.8 Å². The molecule has 0 spiro atoms. The average Bonchev–Trinajstić information content (AvgIpc) is 2.95. The number of aromatic nitrogens is 2. The van der Waals surface area contributed by atoms with E-state index in [2.05, 4.69) is 59.4 Å². The summed E-state index contributed by atoms with van der Waals surface area (Å²) >= 11 is 1.72. The quantitative estimate of drug-likeness (QED) is 0.788. The molecule has 0 atom stereocenters. The molecule has 6 nitrogen and oxygen atoms in total. The highest BCUT2D eigenvalue weighted by Crippen LogP contribution is 2.18. The molecule has 0 radical (unpaired) electrons. The first-order valence-electron chi connectivity index (χ1n) is 6.99. The SMILES string of the molecule is CSc1cccc(CN(Cc2nc(C(N)=O)no2)C(C)C)c1. The molecule has 2 N–H and O–H groups in total. The van der Waals surface area contributed by atoms with E-state index in [4.69, 9.17) is 10.3 Å². The number of hydrogen-bond acceptors (Lipinski definition) is 6. The minimum absolute atomic E-state index is 0.0805. The van der Waals surface area contributed by atoms with Crippen molar-refractivity contribution in [3.63, 3.8) is 0 Å². The fourth-order valence-corrected chi connectivity index (χ4v) is 2.50. The van der Waals surface area contributed by atoms with Gasteiger partial charge in [-0.3, -0.25) is 9.69 Å². The normalized spacial score (nSPS) is 11.3. The van der Waals surface area contributed by atoms with Gasteiger partial charge in [-0.05, 0) is 37.8 Å². The van der Waals surface area contributed by atoms with Crippen LogP contribution in [0.3, 0.4) is 0 Å². The van der Waals surface area contributed by atoms with E-state index in [9.17, 15) is 4.79 Å². The van der Waals surface area contributed by atoms with Crippen LogP contribution in [0.5, 0.6) is 0 Å². The maximum Gasteiger partial charge on any atom is 0.290 e. The molecule has 2 aromatic rings. The van der Waals surface area contributed by atoms with Gasteiger partial charge in [0.25, 0.3) is 11.7 Å². The van der Waals surface area contributed by atoms with Crippen molar-refractivity contribution in [2.24, 2.45) is 5.73 Å². The van der Waals surface area contributed by atoms with Gasteiger partial charge >= 0.3 is 0 Å². The van der Waals surface area contributed by atoms with Crippen molar-refractivity contribution in [3.8, 4) is 0 Å². The van der Waals surface area contributed by atoms with Crippen LogP contribution in [0.25, 0.3) is 0 Å². The van der Waals surface area contributed by atoms with Crippen molar-refractivity contribution in [2.75, 3.05) is 6.26 Å². The number of nitrogens with two attached hydrogens (primary N) is 1. The number of hydrogen-bond donors (Lipinski definition) is 1. The van der Waals surface area contributed by atoms with Crippen LogP contribution in [-0.4, -0.2) is 33.2 Å². The molecular weight excluding hydrogens is 300 g/mol. The summed E-state index contributed by atoms with van der Waals surface area (Å²) in [6.07, 6.45) is 2.06. The molecule has 1 aromatic carbocycles. The fourth-order valence-electron chi connectivity index (χ4n) is 2.02. The molecule has 1 amide bonds. The van der Waals surface area contributed by atoms with Crippen molar-refractivity contribution in [1.82, 2.24) is 15.0 Å². The Morgan fingerprint density at radius 1 is 1.41 bits per heavy atom. The Labute approximate surface area is 134 Å². The third kappa shape index (κ3) is 4.32. The maximum absolute atomic E-state index is 11.0. The zero-order chi connectivity index (χ0) is 16.1. The van der Waals surface area contributed by atoms with Gasteiger partial charge in [0.05, 0.1) is 6.54 Å². The van der Waals surface area contributed by atoms with Crippen molar-refractivity contribution in [3.05, 3.63) is 41.5 Å². The number of primary amides is 1. The molecule has 0 aliphatic carbocycles. The van der Waals surface area contributed by atoms with Crippen LogP contribution in [-0.2, 0) is 13.1 Å².